The highest BCUT2D eigenvalue weighted by Gasteiger charge is 2.34. The first-order valence-electron chi connectivity index (χ1n) is 8.08. The van der Waals surface area contributed by atoms with Crippen LogP contribution in [0, 0.1) is 6.92 Å². The number of anilines is 1. The minimum Gasteiger partial charge on any atom is -0.386 e. The Balaban J connectivity index is 1.57. The molecule has 3 heterocycles. The Morgan fingerprint density at radius 1 is 1.50 bits per heavy atom. The summed E-state index contributed by atoms with van der Waals surface area (Å²) in [6.45, 7) is 3.49. The summed E-state index contributed by atoms with van der Waals surface area (Å²) in [5, 5.41) is 17.6. The van der Waals surface area contributed by atoms with Gasteiger partial charge in [-0.1, -0.05) is 0 Å². The number of aryl methyl sites for hydroxylation is 1. The van der Waals surface area contributed by atoms with Crippen molar-refractivity contribution in [3.05, 3.63) is 40.5 Å². The molecule has 0 saturated carbocycles. The maximum atomic E-state index is 12.0. The van der Waals surface area contributed by atoms with E-state index in [1.54, 1.807) is 17.7 Å². The number of thiophene rings is 1. The first-order chi connectivity index (χ1) is 11.5. The Hall–Kier alpha value is -1.99. The van der Waals surface area contributed by atoms with Gasteiger partial charge in [0, 0.05) is 31.4 Å². The van der Waals surface area contributed by atoms with Gasteiger partial charge in [-0.3, -0.25) is 4.79 Å². The van der Waals surface area contributed by atoms with Crippen LogP contribution in [0.3, 0.4) is 0 Å². The van der Waals surface area contributed by atoms with E-state index in [1.807, 2.05) is 29.8 Å². The van der Waals surface area contributed by atoms with Crippen molar-refractivity contribution in [2.45, 2.75) is 31.8 Å². The predicted octanol–water partition coefficient (Wildman–Crippen LogP) is 1.54. The van der Waals surface area contributed by atoms with Gasteiger partial charge in [0.25, 0.3) is 0 Å². The van der Waals surface area contributed by atoms with Gasteiger partial charge in [-0.05, 0) is 42.2 Å². The second kappa shape index (κ2) is 7.27. The summed E-state index contributed by atoms with van der Waals surface area (Å²) in [6, 6.07) is 3.86. The molecule has 1 atom stereocenters. The van der Waals surface area contributed by atoms with E-state index in [1.165, 1.54) is 0 Å². The molecule has 1 unspecified atom stereocenters. The van der Waals surface area contributed by atoms with E-state index in [0.717, 1.165) is 30.0 Å². The summed E-state index contributed by atoms with van der Waals surface area (Å²) in [6.07, 6.45) is 3.43. The first-order valence-corrected chi connectivity index (χ1v) is 9.02. The van der Waals surface area contributed by atoms with Crippen molar-refractivity contribution < 1.29 is 9.90 Å². The Morgan fingerprint density at radius 3 is 3.12 bits per heavy atom. The molecule has 1 aliphatic heterocycles. The number of β-amino-alcohol motifs (C(OH)–C–C–N with tert-alkyl or cyclic N) is 1. The lowest BCUT2D eigenvalue weighted by atomic mass is 9.92. The van der Waals surface area contributed by atoms with Gasteiger partial charge in [0.05, 0.1) is 12.0 Å². The molecule has 6 nitrogen and oxygen atoms in total. The molecule has 0 bridgehead atoms. The van der Waals surface area contributed by atoms with Crippen LogP contribution in [0.1, 0.15) is 24.1 Å². The van der Waals surface area contributed by atoms with E-state index in [0.29, 0.717) is 19.4 Å². The van der Waals surface area contributed by atoms with Gasteiger partial charge in [0.1, 0.15) is 12.1 Å². The van der Waals surface area contributed by atoms with Gasteiger partial charge in [-0.2, -0.15) is 11.3 Å². The van der Waals surface area contributed by atoms with Gasteiger partial charge in [-0.25, -0.2) is 9.97 Å². The third kappa shape index (κ3) is 4.30. The average molecular weight is 346 g/mol. The highest BCUT2D eigenvalue weighted by Crippen LogP contribution is 2.24. The van der Waals surface area contributed by atoms with Crippen molar-refractivity contribution in [3.8, 4) is 0 Å². The predicted molar refractivity (Wildman–Crippen MR) is 94.2 cm³/mol. The van der Waals surface area contributed by atoms with Crippen LogP contribution in [-0.4, -0.2) is 46.2 Å². The molecule has 0 spiro atoms. The molecule has 1 aliphatic rings. The normalized spacial score (nSPS) is 20.8. The van der Waals surface area contributed by atoms with Crippen LogP contribution in [0.5, 0.6) is 0 Å². The largest absolute Gasteiger partial charge is 0.386 e. The maximum absolute atomic E-state index is 12.0. The molecule has 3 rings (SSSR count). The van der Waals surface area contributed by atoms with Gasteiger partial charge in [0.2, 0.25) is 5.91 Å². The average Bonchev–Trinajstić information content (AvgIpc) is 3.06. The van der Waals surface area contributed by atoms with Crippen LogP contribution >= 0.6 is 11.3 Å². The fraction of sp³-hybridized carbons (Fsp3) is 0.471. The van der Waals surface area contributed by atoms with Crippen LogP contribution < -0.4 is 10.2 Å². The molecule has 1 amide bonds. The molecule has 2 N–H and O–H groups in total. The van der Waals surface area contributed by atoms with E-state index >= 15 is 0 Å². The quantitative estimate of drug-likeness (QED) is 0.859. The van der Waals surface area contributed by atoms with Crippen molar-refractivity contribution in [1.82, 2.24) is 15.3 Å². The van der Waals surface area contributed by atoms with E-state index in [2.05, 4.69) is 20.2 Å². The SMILES string of the molecule is Cc1cc(N2CCCC(O)(CNC(=O)Cc3ccsc3)C2)ncn1. The van der Waals surface area contributed by atoms with E-state index < -0.39 is 5.60 Å². The molecule has 1 saturated heterocycles. The second-order valence-corrected chi connectivity index (χ2v) is 7.13. The standard InChI is InChI=1S/C17H22N4O2S/c1-13-7-15(20-12-19-13)21-5-2-4-17(23,11-21)10-18-16(22)8-14-3-6-24-9-14/h3,6-7,9,12,23H,2,4-5,8,10-11H2,1H3,(H,18,22). The summed E-state index contributed by atoms with van der Waals surface area (Å²) in [4.78, 5) is 22.5. The topological polar surface area (TPSA) is 78.4 Å². The molecule has 2 aromatic heterocycles. The van der Waals surface area contributed by atoms with Crippen LogP contribution in [0.2, 0.25) is 0 Å². The molecule has 0 aliphatic carbocycles. The first kappa shape index (κ1) is 16.9. The molecule has 0 aromatic carbocycles. The van der Waals surface area contributed by atoms with E-state index in [-0.39, 0.29) is 12.5 Å². The number of hydrogen-bond donors (Lipinski definition) is 2. The number of aromatic nitrogens is 2. The molecule has 2 aromatic rings. The highest BCUT2D eigenvalue weighted by molar-refractivity contribution is 7.07. The molecule has 128 valence electrons. The monoisotopic (exact) mass is 346 g/mol. The van der Waals surface area contributed by atoms with Crippen molar-refractivity contribution in [3.63, 3.8) is 0 Å². The van der Waals surface area contributed by atoms with Crippen molar-refractivity contribution >= 4 is 23.1 Å². The summed E-state index contributed by atoms with van der Waals surface area (Å²) < 4.78 is 0. The number of carbonyl (C=O) groups is 1. The Morgan fingerprint density at radius 2 is 2.38 bits per heavy atom. The highest BCUT2D eigenvalue weighted by atomic mass is 32.1. The second-order valence-electron chi connectivity index (χ2n) is 6.35. The van der Waals surface area contributed by atoms with Crippen molar-refractivity contribution in [2.75, 3.05) is 24.5 Å². The number of hydrogen-bond acceptors (Lipinski definition) is 6. The molecule has 0 radical (unpaired) electrons. The molecule has 24 heavy (non-hydrogen) atoms. The third-order valence-corrected chi connectivity index (χ3v) is 4.96. The number of rotatable bonds is 5. The zero-order chi connectivity index (χ0) is 17.0. The third-order valence-electron chi connectivity index (χ3n) is 4.23. The van der Waals surface area contributed by atoms with Crippen LogP contribution in [0.25, 0.3) is 0 Å². The lowest BCUT2D eigenvalue weighted by Gasteiger charge is -2.39. The fourth-order valence-electron chi connectivity index (χ4n) is 2.97. The summed E-state index contributed by atoms with van der Waals surface area (Å²) in [5.41, 5.74) is 0.978. The van der Waals surface area contributed by atoms with Crippen LogP contribution in [0.15, 0.2) is 29.2 Å². The van der Waals surface area contributed by atoms with E-state index in [4.69, 9.17) is 0 Å². The summed E-state index contributed by atoms with van der Waals surface area (Å²) in [5.74, 6) is 0.766. The maximum Gasteiger partial charge on any atom is 0.224 e. The van der Waals surface area contributed by atoms with Crippen LogP contribution in [-0.2, 0) is 11.2 Å². The lowest BCUT2D eigenvalue weighted by molar-refractivity contribution is -0.121. The van der Waals surface area contributed by atoms with Gasteiger partial charge < -0.3 is 15.3 Å². The Kier molecular flexibility index (Phi) is 5.11. The molecular formula is C17H22N4O2S. The van der Waals surface area contributed by atoms with E-state index in [9.17, 15) is 9.90 Å². The zero-order valence-electron chi connectivity index (χ0n) is 13.7. The van der Waals surface area contributed by atoms with Crippen molar-refractivity contribution in [2.24, 2.45) is 0 Å². The summed E-state index contributed by atoms with van der Waals surface area (Å²) in [7, 11) is 0. The fourth-order valence-corrected chi connectivity index (χ4v) is 3.64. The van der Waals surface area contributed by atoms with Crippen LogP contribution in [0.4, 0.5) is 5.82 Å². The number of aliphatic hydroxyl groups is 1. The lowest BCUT2D eigenvalue weighted by Crippen LogP contribution is -2.54. The Bertz CT molecular complexity index is 692. The molecule has 7 heteroatoms. The smallest absolute Gasteiger partial charge is 0.224 e. The minimum absolute atomic E-state index is 0.0585. The number of nitrogens with zero attached hydrogens (tertiary/aromatic N) is 3. The molecule has 1 fully saturated rings. The number of piperidine rings is 1. The minimum atomic E-state index is -0.929. The number of carbonyl (C=O) groups excluding carboxylic acids is 1. The number of nitrogens with one attached hydrogen (secondary N) is 1. The van der Waals surface area contributed by atoms with Crippen molar-refractivity contribution in [1.29, 1.82) is 0 Å². The van der Waals surface area contributed by atoms with Gasteiger partial charge >= 0.3 is 0 Å². The number of amides is 1. The van der Waals surface area contributed by atoms with Gasteiger partial charge in [0.15, 0.2) is 0 Å². The van der Waals surface area contributed by atoms with Gasteiger partial charge in [-0.15, -0.1) is 0 Å². The molecular weight excluding hydrogens is 324 g/mol. The zero-order valence-corrected chi connectivity index (χ0v) is 14.6. The summed E-state index contributed by atoms with van der Waals surface area (Å²) >= 11 is 1.58. The Labute approximate surface area is 145 Å².